The van der Waals surface area contributed by atoms with E-state index in [9.17, 15) is 4.79 Å². The van der Waals surface area contributed by atoms with E-state index >= 15 is 0 Å². The van der Waals surface area contributed by atoms with E-state index in [1.54, 1.807) is 0 Å². The van der Waals surface area contributed by atoms with E-state index in [0.29, 0.717) is 13.0 Å². The Bertz CT molecular complexity index is 99.1. The zero-order valence-electron chi connectivity index (χ0n) is 8.85. The van der Waals surface area contributed by atoms with Crippen molar-refractivity contribution in [2.75, 3.05) is 6.61 Å². The summed E-state index contributed by atoms with van der Waals surface area (Å²) in [4.78, 5) is 10.7. The molecule has 0 saturated heterocycles. The molecule has 3 heteroatoms. The largest absolute Gasteiger partial charge is 1.00 e. The molecular weight excluding hydrogens is 167 g/mol. The van der Waals surface area contributed by atoms with Gasteiger partial charge in [-0.3, -0.25) is 4.79 Å². The quantitative estimate of drug-likeness (QED) is 0.319. The van der Waals surface area contributed by atoms with E-state index in [0.717, 1.165) is 19.3 Å². The zero-order valence-corrected chi connectivity index (χ0v) is 11.0. The number of esters is 1. The molecule has 62 valence electrons. The fourth-order valence-corrected chi connectivity index (χ4v) is 0.752. The summed E-state index contributed by atoms with van der Waals surface area (Å²) in [6.45, 7) is 4.45. The van der Waals surface area contributed by atoms with E-state index in [4.69, 9.17) is 4.74 Å². The zero-order chi connectivity index (χ0) is 7.82. The maximum atomic E-state index is 10.7. The third kappa shape index (κ3) is 11.1. The molecular formula is C8H17KO2. The van der Waals surface area contributed by atoms with Gasteiger partial charge in [-0.25, -0.2) is 0 Å². The van der Waals surface area contributed by atoms with Crippen molar-refractivity contribution in [3.8, 4) is 0 Å². The minimum absolute atomic E-state index is 0. The van der Waals surface area contributed by atoms with Crippen molar-refractivity contribution >= 4 is 5.97 Å². The Morgan fingerprint density at radius 1 is 1.36 bits per heavy atom. The van der Waals surface area contributed by atoms with Crippen LogP contribution in [0.1, 0.15) is 41.0 Å². The second-order valence-corrected chi connectivity index (χ2v) is 2.26. The molecule has 0 radical (unpaired) electrons. The van der Waals surface area contributed by atoms with Crippen LogP contribution in [-0.4, -0.2) is 12.6 Å². The fraction of sp³-hybridized carbons (Fsp3) is 0.875. The van der Waals surface area contributed by atoms with E-state index in [-0.39, 0.29) is 58.8 Å². The number of hydrogen-bond donors (Lipinski definition) is 0. The molecule has 11 heavy (non-hydrogen) atoms. The van der Waals surface area contributed by atoms with Gasteiger partial charge in [-0.15, -0.1) is 0 Å². The maximum absolute atomic E-state index is 10.7. The molecule has 0 spiro atoms. The second-order valence-electron chi connectivity index (χ2n) is 2.26. The summed E-state index contributed by atoms with van der Waals surface area (Å²) in [5.74, 6) is -0.0593. The van der Waals surface area contributed by atoms with Crippen molar-refractivity contribution < 1.29 is 62.3 Å². The Kier molecular flexibility index (Phi) is 14.8. The summed E-state index contributed by atoms with van der Waals surface area (Å²) < 4.78 is 4.75. The Morgan fingerprint density at radius 2 is 2.00 bits per heavy atom. The molecule has 0 amide bonds. The fourth-order valence-electron chi connectivity index (χ4n) is 0.752. The summed E-state index contributed by atoms with van der Waals surface area (Å²) in [5, 5.41) is 0. The first kappa shape index (κ1) is 14.6. The van der Waals surface area contributed by atoms with Crippen molar-refractivity contribution in [2.45, 2.75) is 39.5 Å². The third-order valence-electron chi connectivity index (χ3n) is 1.29. The van der Waals surface area contributed by atoms with Crippen LogP contribution in [0.4, 0.5) is 0 Å². The molecule has 0 fully saturated rings. The van der Waals surface area contributed by atoms with Gasteiger partial charge in [-0.2, -0.15) is 0 Å². The second kappa shape index (κ2) is 11.1. The van der Waals surface area contributed by atoms with Gasteiger partial charge in [0.2, 0.25) is 0 Å². The first-order valence-corrected chi connectivity index (χ1v) is 3.96. The smallest absolute Gasteiger partial charge is 1.00 e. The van der Waals surface area contributed by atoms with Crippen molar-refractivity contribution in [3.05, 3.63) is 0 Å². The van der Waals surface area contributed by atoms with E-state index in [1.807, 2.05) is 6.92 Å². The van der Waals surface area contributed by atoms with Gasteiger partial charge in [0, 0.05) is 6.42 Å². The molecule has 0 aromatic carbocycles. The molecule has 0 aliphatic heterocycles. The van der Waals surface area contributed by atoms with Gasteiger partial charge in [0.25, 0.3) is 0 Å². The van der Waals surface area contributed by atoms with Crippen LogP contribution >= 0.6 is 0 Å². The minimum atomic E-state index is -0.0593. The van der Waals surface area contributed by atoms with Crippen LogP contribution in [0.3, 0.4) is 0 Å². The standard InChI is InChI=1S/C8H16O2.K.H/c1-3-5-6-7-8(9)10-4-2;;/h3-7H2,1-2H3;;/q;+1;-1. The Balaban J connectivity index is -0.000000405. The minimum Gasteiger partial charge on any atom is -1.00 e. The van der Waals surface area contributed by atoms with Gasteiger partial charge in [-0.05, 0) is 13.3 Å². The van der Waals surface area contributed by atoms with Crippen LogP contribution in [-0.2, 0) is 9.53 Å². The van der Waals surface area contributed by atoms with Crippen molar-refractivity contribution in [1.29, 1.82) is 0 Å². The number of hydrogen-bond acceptors (Lipinski definition) is 2. The summed E-state index contributed by atoms with van der Waals surface area (Å²) in [7, 11) is 0. The number of carbonyl (C=O) groups is 1. The SMILES string of the molecule is CCCCCC(=O)OCC.[H-].[K+]. The Hall–Kier alpha value is 1.11. The predicted octanol–water partition coefficient (Wildman–Crippen LogP) is -0.754. The molecule has 0 rings (SSSR count). The van der Waals surface area contributed by atoms with Gasteiger partial charge < -0.3 is 6.16 Å². The van der Waals surface area contributed by atoms with E-state index in [1.165, 1.54) is 0 Å². The third-order valence-corrected chi connectivity index (χ3v) is 1.29. The number of carbonyl (C=O) groups excluding carboxylic acids is 1. The van der Waals surface area contributed by atoms with Crippen LogP contribution in [0, 0.1) is 0 Å². The molecule has 0 aromatic heterocycles. The topological polar surface area (TPSA) is 26.3 Å². The summed E-state index contributed by atoms with van der Waals surface area (Å²) >= 11 is 0. The van der Waals surface area contributed by atoms with Crippen LogP contribution in [0.5, 0.6) is 0 Å². The van der Waals surface area contributed by atoms with E-state index < -0.39 is 0 Å². The monoisotopic (exact) mass is 184 g/mol. The Morgan fingerprint density at radius 3 is 2.45 bits per heavy atom. The van der Waals surface area contributed by atoms with Crippen molar-refractivity contribution in [3.63, 3.8) is 0 Å². The maximum Gasteiger partial charge on any atom is 1.00 e. The van der Waals surface area contributed by atoms with Crippen LogP contribution in [0.25, 0.3) is 0 Å². The normalized spacial score (nSPS) is 8.55. The summed E-state index contributed by atoms with van der Waals surface area (Å²) in [6, 6.07) is 0. The van der Waals surface area contributed by atoms with Gasteiger partial charge >= 0.3 is 57.4 Å². The molecule has 2 nitrogen and oxygen atoms in total. The first-order valence-electron chi connectivity index (χ1n) is 3.96. The number of unbranched alkanes of at least 4 members (excludes halogenated alkanes) is 2. The molecule has 0 atom stereocenters. The molecule has 0 aliphatic carbocycles. The van der Waals surface area contributed by atoms with Crippen molar-refractivity contribution in [2.24, 2.45) is 0 Å². The molecule has 0 heterocycles. The molecule has 0 unspecified atom stereocenters. The van der Waals surface area contributed by atoms with Gasteiger partial charge in [0.1, 0.15) is 0 Å². The average Bonchev–Trinajstić information content (AvgIpc) is 1.89. The van der Waals surface area contributed by atoms with Crippen molar-refractivity contribution in [1.82, 2.24) is 0 Å². The predicted molar refractivity (Wildman–Crippen MR) is 41.9 cm³/mol. The summed E-state index contributed by atoms with van der Waals surface area (Å²) in [5.41, 5.74) is 0. The van der Waals surface area contributed by atoms with Gasteiger partial charge in [0.15, 0.2) is 0 Å². The van der Waals surface area contributed by atoms with Gasteiger partial charge in [0.05, 0.1) is 6.61 Å². The number of rotatable bonds is 5. The summed E-state index contributed by atoms with van der Waals surface area (Å²) in [6.07, 6.45) is 3.83. The number of ether oxygens (including phenoxy) is 1. The molecule has 0 saturated carbocycles. The molecule has 0 aliphatic rings. The average molecular weight is 184 g/mol. The van der Waals surface area contributed by atoms with Crippen LogP contribution in [0.15, 0.2) is 0 Å². The first-order chi connectivity index (χ1) is 4.81. The van der Waals surface area contributed by atoms with Crippen LogP contribution < -0.4 is 51.4 Å². The molecule has 0 N–H and O–H groups in total. The van der Waals surface area contributed by atoms with Gasteiger partial charge in [-0.1, -0.05) is 19.8 Å². The van der Waals surface area contributed by atoms with E-state index in [2.05, 4.69) is 6.92 Å². The molecule has 0 bridgehead atoms. The Labute approximate surface area is 113 Å². The molecule has 0 aromatic rings. The van der Waals surface area contributed by atoms with Crippen LogP contribution in [0.2, 0.25) is 0 Å².